The Kier molecular flexibility index (Phi) is 2.97. The Morgan fingerprint density at radius 1 is 1.29 bits per heavy atom. The van der Waals surface area contributed by atoms with E-state index in [2.05, 4.69) is 10.3 Å². The van der Waals surface area contributed by atoms with Crippen molar-refractivity contribution in [1.82, 2.24) is 4.98 Å². The first kappa shape index (κ1) is 14.5. The van der Waals surface area contributed by atoms with E-state index >= 15 is 0 Å². The zero-order valence-corrected chi connectivity index (χ0v) is 13.3. The molecule has 21 heavy (non-hydrogen) atoms. The minimum atomic E-state index is -0.625. The number of carbonyl (C=O) groups is 2. The molecule has 4 nitrogen and oxygen atoms in total. The molecule has 1 amide bonds. The lowest BCUT2D eigenvalue weighted by molar-refractivity contribution is -0.131. The Morgan fingerprint density at radius 3 is 2.48 bits per heavy atom. The van der Waals surface area contributed by atoms with Gasteiger partial charge in [-0.1, -0.05) is 32.4 Å². The van der Waals surface area contributed by atoms with Crippen LogP contribution in [0.2, 0.25) is 5.02 Å². The average molecular weight is 307 g/mol. The van der Waals surface area contributed by atoms with Gasteiger partial charge in [0.1, 0.15) is 11.6 Å². The van der Waals surface area contributed by atoms with Gasteiger partial charge in [-0.05, 0) is 30.4 Å². The third kappa shape index (κ3) is 1.71. The number of halogens is 1. The van der Waals surface area contributed by atoms with Crippen molar-refractivity contribution >= 4 is 29.1 Å². The van der Waals surface area contributed by atoms with Gasteiger partial charge >= 0.3 is 0 Å². The van der Waals surface area contributed by atoms with E-state index in [-0.39, 0.29) is 17.1 Å². The van der Waals surface area contributed by atoms with Crippen molar-refractivity contribution < 1.29 is 9.59 Å². The molecule has 1 heterocycles. The molecule has 0 aromatic carbocycles. The van der Waals surface area contributed by atoms with Crippen molar-refractivity contribution in [2.75, 3.05) is 5.32 Å². The minimum Gasteiger partial charge on any atom is -0.310 e. The highest BCUT2D eigenvalue weighted by Gasteiger charge is 2.72. The first-order valence-electron chi connectivity index (χ1n) is 7.19. The predicted octanol–water partition coefficient (Wildman–Crippen LogP) is 3.46. The lowest BCUT2D eigenvalue weighted by atomic mass is 9.64. The molecule has 1 aromatic rings. The number of nitrogens with one attached hydrogen (secondary N) is 1. The highest BCUT2D eigenvalue weighted by atomic mass is 35.5. The van der Waals surface area contributed by atoms with E-state index in [0.29, 0.717) is 17.3 Å². The Morgan fingerprint density at radius 2 is 2.00 bits per heavy atom. The summed E-state index contributed by atoms with van der Waals surface area (Å²) >= 11 is 5.80. The third-order valence-corrected chi connectivity index (χ3v) is 6.33. The van der Waals surface area contributed by atoms with Gasteiger partial charge in [-0.3, -0.25) is 9.59 Å². The van der Waals surface area contributed by atoms with E-state index in [1.807, 2.05) is 20.8 Å². The lowest BCUT2D eigenvalue weighted by Crippen LogP contribution is -2.43. The van der Waals surface area contributed by atoms with Crippen LogP contribution in [-0.4, -0.2) is 16.7 Å². The van der Waals surface area contributed by atoms with Crippen LogP contribution in [0.4, 0.5) is 5.82 Å². The number of hydrogen-bond donors (Lipinski definition) is 1. The van der Waals surface area contributed by atoms with Crippen molar-refractivity contribution in [1.29, 1.82) is 0 Å². The molecular formula is C16H19ClN2O2. The molecule has 0 saturated heterocycles. The SMILES string of the molecule is CC12CCC(C(=O)Nc3ccc(Cl)cn3)(CC1=O)C2(C)C. The number of anilines is 1. The van der Waals surface area contributed by atoms with E-state index in [0.717, 1.165) is 12.8 Å². The molecule has 1 N–H and O–H groups in total. The van der Waals surface area contributed by atoms with E-state index in [1.165, 1.54) is 6.20 Å². The molecule has 2 atom stereocenters. The number of rotatable bonds is 2. The van der Waals surface area contributed by atoms with Gasteiger partial charge in [0, 0.05) is 18.0 Å². The molecule has 2 bridgehead atoms. The zero-order chi connectivity index (χ0) is 15.5. The van der Waals surface area contributed by atoms with Crippen LogP contribution in [0.5, 0.6) is 0 Å². The van der Waals surface area contributed by atoms with Gasteiger partial charge in [0.05, 0.1) is 10.4 Å². The summed E-state index contributed by atoms with van der Waals surface area (Å²) in [5.74, 6) is 0.581. The summed E-state index contributed by atoms with van der Waals surface area (Å²) < 4.78 is 0. The van der Waals surface area contributed by atoms with Gasteiger partial charge in [0.2, 0.25) is 5.91 Å². The quantitative estimate of drug-likeness (QED) is 0.910. The Hall–Kier alpha value is -1.42. The van der Waals surface area contributed by atoms with Gasteiger partial charge in [-0.15, -0.1) is 0 Å². The van der Waals surface area contributed by atoms with Crippen LogP contribution in [0.3, 0.4) is 0 Å². The molecule has 0 aliphatic heterocycles. The average Bonchev–Trinajstić information content (AvgIpc) is 2.72. The summed E-state index contributed by atoms with van der Waals surface area (Å²) in [6.07, 6.45) is 3.36. The fourth-order valence-corrected chi connectivity index (χ4v) is 4.16. The van der Waals surface area contributed by atoms with Crippen LogP contribution in [-0.2, 0) is 9.59 Å². The topological polar surface area (TPSA) is 59.1 Å². The zero-order valence-electron chi connectivity index (χ0n) is 12.5. The second-order valence-corrected chi connectivity index (χ2v) is 7.39. The molecule has 2 unspecified atom stereocenters. The molecule has 112 valence electrons. The maximum atomic E-state index is 12.8. The molecule has 1 aromatic heterocycles. The molecule has 2 saturated carbocycles. The largest absolute Gasteiger partial charge is 0.310 e. The number of nitrogens with zero attached hydrogens (tertiary/aromatic N) is 1. The first-order valence-corrected chi connectivity index (χ1v) is 7.57. The molecule has 2 aliphatic carbocycles. The van der Waals surface area contributed by atoms with Gasteiger partial charge in [0.15, 0.2) is 0 Å². The van der Waals surface area contributed by atoms with E-state index in [9.17, 15) is 9.59 Å². The second kappa shape index (κ2) is 4.29. The minimum absolute atomic E-state index is 0.100. The van der Waals surface area contributed by atoms with Crippen LogP contribution in [0, 0.1) is 16.2 Å². The van der Waals surface area contributed by atoms with Crippen molar-refractivity contribution in [3.63, 3.8) is 0 Å². The highest BCUT2D eigenvalue weighted by molar-refractivity contribution is 6.30. The van der Waals surface area contributed by atoms with Crippen LogP contribution in [0.25, 0.3) is 0 Å². The Balaban J connectivity index is 1.91. The number of pyridine rings is 1. The van der Waals surface area contributed by atoms with Gasteiger partial charge < -0.3 is 5.32 Å². The van der Waals surface area contributed by atoms with Crippen molar-refractivity contribution in [2.45, 2.75) is 40.0 Å². The summed E-state index contributed by atoms with van der Waals surface area (Å²) in [6.45, 7) is 6.08. The molecule has 0 spiro atoms. The number of fused-ring (bicyclic) bond motifs is 2. The standard InChI is InChI=1S/C16H19ClN2O2/c1-14(2)15(3)6-7-16(14,8-11(15)20)13(21)19-12-5-4-10(17)9-18-12/h4-5,9H,6-8H2,1-3H3,(H,18,19,21). The fraction of sp³-hybridized carbons (Fsp3) is 0.562. The van der Waals surface area contributed by atoms with E-state index < -0.39 is 10.8 Å². The van der Waals surface area contributed by atoms with Gasteiger partial charge in [-0.25, -0.2) is 4.98 Å². The number of amides is 1. The highest BCUT2D eigenvalue weighted by Crippen LogP contribution is 2.70. The fourth-order valence-electron chi connectivity index (χ4n) is 4.05. The monoisotopic (exact) mass is 306 g/mol. The van der Waals surface area contributed by atoms with Crippen molar-refractivity contribution in [3.05, 3.63) is 23.4 Å². The summed E-state index contributed by atoms with van der Waals surface area (Å²) in [5.41, 5.74) is -1.36. The maximum Gasteiger partial charge on any atom is 0.232 e. The van der Waals surface area contributed by atoms with Gasteiger partial charge in [-0.2, -0.15) is 0 Å². The van der Waals surface area contributed by atoms with Crippen LogP contribution in [0.15, 0.2) is 18.3 Å². The van der Waals surface area contributed by atoms with Crippen molar-refractivity contribution in [3.8, 4) is 0 Å². The maximum absolute atomic E-state index is 12.8. The third-order valence-electron chi connectivity index (χ3n) is 6.11. The van der Waals surface area contributed by atoms with E-state index in [1.54, 1.807) is 12.1 Å². The molecule has 3 rings (SSSR count). The van der Waals surface area contributed by atoms with Crippen LogP contribution >= 0.6 is 11.6 Å². The summed E-state index contributed by atoms with van der Waals surface area (Å²) in [6, 6.07) is 3.36. The Labute approximate surface area is 129 Å². The number of aromatic nitrogens is 1. The lowest BCUT2D eigenvalue weighted by Gasteiger charge is -2.38. The number of Topliss-reactive ketones (excluding diaryl/α,β-unsaturated/α-hetero) is 1. The summed E-state index contributed by atoms with van der Waals surface area (Å²) in [7, 11) is 0. The molecule has 0 radical (unpaired) electrons. The summed E-state index contributed by atoms with van der Waals surface area (Å²) in [4.78, 5) is 29.3. The predicted molar refractivity (Wildman–Crippen MR) is 81.1 cm³/mol. The normalized spacial score (nSPS) is 33.2. The Bertz CT molecular complexity index is 626. The van der Waals surface area contributed by atoms with Crippen molar-refractivity contribution in [2.24, 2.45) is 16.2 Å². The van der Waals surface area contributed by atoms with Crippen LogP contribution in [0.1, 0.15) is 40.0 Å². The van der Waals surface area contributed by atoms with Gasteiger partial charge in [0.25, 0.3) is 0 Å². The second-order valence-electron chi connectivity index (χ2n) is 6.95. The molecule has 2 fully saturated rings. The number of carbonyl (C=O) groups excluding carboxylic acids is 2. The number of hydrogen-bond acceptors (Lipinski definition) is 3. The molecule has 2 aliphatic rings. The van der Waals surface area contributed by atoms with E-state index in [4.69, 9.17) is 11.6 Å². The smallest absolute Gasteiger partial charge is 0.232 e. The first-order chi connectivity index (χ1) is 9.73. The van der Waals surface area contributed by atoms with Crippen LogP contribution < -0.4 is 5.32 Å². The molecule has 5 heteroatoms. The number of ketones is 1. The summed E-state index contributed by atoms with van der Waals surface area (Å²) in [5, 5.41) is 3.39. The molecular weight excluding hydrogens is 288 g/mol.